The van der Waals surface area contributed by atoms with Crippen LogP contribution in [0, 0.1) is 19.7 Å². The van der Waals surface area contributed by atoms with E-state index >= 15 is 0 Å². The third-order valence-corrected chi connectivity index (χ3v) is 5.90. The van der Waals surface area contributed by atoms with Crippen LogP contribution < -0.4 is 10.6 Å². The van der Waals surface area contributed by atoms with Gasteiger partial charge in [0.2, 0.25) is 0 Å². The second-order valence-electron chi connectivity index (χ2n) is 6.56. The maximum absolute atomic E-state index is 13.6. The van der Waals surface area contributed by atoms with Crippen molar-refractivity contribution in [2.75, 3.05) is 19.5 Å². The van der Waals surface area contributed by atoms with Gasteiger partial charge < -0.3 is 15.4 Å². The van der Waals surface area contributed by atoms with E-state index in [1.165, 1.54) is 12.1 Å². The van der Waals surface area contributed by atoms with E-state index in [9.17, 15) is 9.18 Å². The van der Waals surface area contributed by atoms with E-state index in [-0.39, 0.29) is 17.9 Å². The SMILES string of the molecule is COCCn1nc(C)c(CNC(=O)NC2CCSc3ccc(F)cc32)c1C. The van der Waals surface area contributed by atoms with Gasteiger partial charge in [-0.05, 0) is 44.0 Å². The van der Waals surface area contributed by atoms with Gasteiger partial charge >= 0.3 is 6.03 Å². The lowest BCUT2D eigenvalue weighted by Gasteiger charge is -2.26. The van der Waals surface area contributed by atoms with Crippen LogP contribution in [0.25, 0.3) is 0 Å². The Morgan fingerprint density at radius 2 is 2.26 bits per heavy atom. The van der Waals surface area contributed by atoms with Crippen LogP contribution in [-0.4, -0.2) is 35.3 Å². The average molecular weight is 393 g/mol. The zero-order valence-electron chi connectivity index (χ0n) is 15.8. The second kappa shape index (κ2) is 8.75. The molecule has 1 aromatic heterocycles. The number of aryl methyl sites for hydroxylation is 1. The number of methoxy groups -OCH3 is 1. The minimum absolute atomic E-state index is 0.177. The highest BCUT2D eigenvalue weighted by molar-refractivity contribution is 7.99. The molecule has 1 aliphatic heterocycles. The molecule has 6 nitrogen and oxygen atoms in total. The molecule has 27 heavy (non-hydrogen) atoms. The molecular formula is C19H25FN4O2S. The summed E-state index contributed by atoms with van der Waals surface area (Å²) in [6, 6.07) is 4.32. The Labute approximate surface area is 162 Å². The number of hydrogen-bond donors (Lipinski definition) is 2. The van der Waals surface area contributed by atoms with Gasteiger partial charge in [-0.1, -0.05) is 0 Å². The molecule has 2 N–H and O–H groups in total. The number of thioether (sulfide) groups is 1. The van der Waals surface area contributed by atoms with Crippen molar-refractivity contribution in [1.82, 2.24) is 20.4 Å². The molecule has 1 unspecified atom stereocenters. The monoisotopic (exact) mass is 392 g/mol. The van der Waals surface area contributed by atoms with Crippen LogP contribution in [0.1, 0.15) is 35.0 Å². The molecule has 0 aliphatic carbocycles. The molecule has 0 radical (unpaired) electrons. The molecule has 0 saturated carbocycles. The molecular weight excluding hydrogens is 367 g/mol. The molecule has 0 fully saturated rings. The number of hydrogen-bond acceptors (Lipinski definition) is 4. The first kappa shape index (κ1) is 19.7. The van der Waals surface area contributed by atoms with Gasteiger partial charge in [0, 0.05) is 35.6 Å². The molecule has 8 heteroatoms. The number of aromatic nitrogens is 2. The largest absolute Gasteiger partial charge is 0.383 e. The Morgan fingerprint density at radius 3 is 3.04 bits per heavy atom. The van der Waals surface area contributed by atoms with E-state index < -0.39 is 0 Å². The third kappa shape index (κ3) is 4.62. The van der Waals surface area contributed by atoms with Gasteiger partial charge in [-0.15, -0.1) is 11.8 Å². The fourth-order valence-corrected chi connectivity index (χ4v) is 4.38. The number of nitrogens with zero attached hydrogens (tertiary/aromatic N) is 2. The zero-order valence-corrected chi connectivity index (χ0v) is 16.7. The molecule has 2 amide bonds. The van der Waals surface area contributed by atoms with E-state index in [1.807, 2.05) is 18.5 Å². The zero-order chi connectivity index (χ0) is 19.4. The summed E-state index contributed by atoms with van der Waals surface area (Å²) in [7, 11) is 1.66. The number of amides is 2. The van der Waals surface area contributed by atoms with Crippen molar-refractivity contribution in [3.63, 3.8) is 0 Å². The van der Waals surface area contributed by atoms with Gasteiger partial charge in [0.25, 0.3) is 0 Å². The van der Waals surface area contributed by atoms with E-state index in [2.05, 4.69) is 15.7 Å². The maximum Gasteiger partial charge on any atom is 0.315 e. The summed E-state index contributed by atoms with van der Waals surface area (Å²) in [5.74, 6) is 0.617. The van der Waals surface area contributed by atoms with E-state index in [4.69, 9.17) is 4.74 Å². The Bertz CT molecular complexity index is 824. The van der Waals surface area contributed by atoms with Crippen LogP contribution in [0.2, 0.25) is 0 Å². The summed E-state index contributed by atoms with van der Waals surface area (Å²) < 4.78 is 20.6. The van der Waals surface area contributed by atoms with Gasteiger partial charge in [0.05, 0.1) is 24.9 Å². The van der Waals surface area contributed by atoms with Crippen LogP contribution in [0.15, 0.2) is 23.1 Å². The minimum atomic E-state index is -0.279. The first-order valence-corrected chi connectivity index (χ1v) is 9.96. The lowest BCUT2D eigenvalue weighted by molar-refractivity contribution is 0.182. The summed E-state index contributed by atoms with van der Waals surface area (Å²) >= 11 is 1.69. The quantitative estimate of drug-likeness (QED) is 0.791. The molecule has 1 atom stereocenters. The number of ether oxygens (including phenoxy) is 1. The standard InChI is InChI=1S/C19H25FN4O2S/c1-12-16(13(2)24(23-12)7-8-26-3)11-21-19(25)22-17-6-9-27-18-5-4-14(20)10-15(17)18/h4-5,10,17H,6-9,11H2,1-3H3,(H2,21,22,25). The highest BCUT2D eigenvalue weighted by Crippen LogP contribution is 2.36. The fraction of sp³-hybridized carbons (Fsp3) is 0.474. The van der Waals surface area contributed by atoms with Gasteiger partial charge in [-0.25, -0.2) is 9.18 Å². The highest BCUT2D eigenvalue weighted by atomic mass is 32.2. The number of carbonyl (C=O) groups excluding carboxylic acids is 1. The van der Waals surface area contributed by atoms with E-state index in [0.29, 0.717) is 19.7 Å². The van der Waals surface area contributed by atoms with E-state index in [1.54, 1.807) is 24.9 Å². The van der Waals surface area contributed by atoms with Crippen LogP contribution in [-0.2, 0) is 17.8 Å². The first-order valence-electron chi connectivity index (χ1n) is 8.98. The second-order valence-corrected chi connectivity index (χ2v) is 7.70. The summed E-state index contributed by atoms with van der Waals surface area (Å²) in [6.07, 6.45) is 0.779. The molecule has 2 heterocycles. The maximum atomic E-state index is 13.6. The number of urea groups is 1. The molecule has 0 spiro atoms. The average Bonchev–Trinajstić information content (AvgIpc) is 2.92. The summed E-state index contributed by atoms with van der Waals surface area (Å²) in [5.41, 5.74) is 3.77. The topological polar surface area (TPSA) is 68.2 Å². The number of halogens is 1. The van der Waals surface area contributed by atoms with Crippen molar-refractivity contribution >= 4 is 17.8 Å². The molecule has 1 aliphatic rings. The number of carbonyl (C=O) groups is 1. The predicted octanol–water partition coefficient (Wildman–Crippen LogP) is 3.32. The molecule has 1 aromatic carbocycles. The highest BCUT2D eigenvalue weighted by Gasteiger charge is 2.23. The van der Waals surface area contributed by atoms with Crippen molar-refractivity contribution < 1.29 is 13.9 Å². The summed E-state index contributed by atoms with van der Waals surface area (Å²) in [5, 5.41) is 10.4. The molecule has 146 valence electrons. The third-order valence-electron chi connectivity index (χ3n) is 4.78. The van der Waals surface area contributed by atoms with Crippen molar-refractivity contribution in [3.05, 3.63) is 46.5 Å². The van der Waals surface area contributed by atoms with Crippen molar-refractivity contribution in [2.45, 2.75) is 44.3 Å². The number of rotatable bonds is 6. The summed E-state index contributed by atoms with van der Waals surface area (Å²) in [6.45, 7) is 5.58. The fourth-order valence-electron chi connectivity index (χ4n) is 3.28. The van der Waals surface area contributed by atoms with Crippen molar-refractivity contribution in [2.24, 2.45) is 0 Å². The number of fused-ring (bicyclic) bond motifs is 1. The lowest BCUT2D eigenvalue weighted by atomic mass is 10.0. The summed E-state index contributed by atoms with van der Waals surface area (Å²) in [4.78, 5) is 13.4. The first-order chi connectivity index (χ1) is 13.0. The number of nitrogens with one attached hydrogen (secondary N) is 2. The van der Waals surface area contributed by atoms with Gasteiger partial charge in [-0.2, -0.15) is 5.10 Å². The van der Waals surface area contributed by atoms with Gasteiger partial charge in [-0.3, -0.25) is 4.68 Å². The molecule has 2 aromatic rings. The smallest absolute Gasteiger partial charge is 0.315 e. The van der Waals surface area contributed by atoms with Gasteiger partial charge in [0.15, 0.2) is 0 Å². The Morgan fingerprint density at radius 1 is 1.44 bits per heavy atom. The van der Waals surface area contributed by atoms with Crippen LogP contribution in [0.4, 0.5) is 9.18 Å². The Balaban J connectivity index is 1.61. The molecule has 0 saturated heterocycles. The van der Waals surface area contributed by atoms with Crippen molar-refractivity contribution in [3.8, 4) is 0 Å². The van der Waals surface area contributed by atoms with Crippen LogP contribution in [0.5, 0.6) is 0 Å². The molecule has 3 rings (SSSR count). The van der Waals surface area contributed by atoms with Crippen molar-refractivity contribution in [1.29, 1.82) is 0 Å². The number of benzene rings is 1. The lowest BCUT2D eigenvalue weighted by Crippen LogP contribution is -2.38. The van der Waals surface area contributed by atoms with Crippen LogP contribution in [0.3, 0.4) is 0 Å². The van der Waals surface area contributed by atoms with Crippen LogP contribution >= 0.6 is 11.8 Å². The molecule has 0 bridgehead atoms. The minimum Gasteiger partial charge on any atom is -0.383 e. The Kier molecular flexibility index (Phi) is 6.38. The van der Waals surface area contributed by atoms with E-state index in [0.717, 1.165) is 39.6 Å². The predicted molar refractivity (Wildman–Crippen MR) is 103 cm³/mol. The normalized spacial score (nSPS) is 16.1. The van der Waals surface area contributed by atoms with Gasteiger partial charge in [0.1, 0.15) is 5.82 Å². The Hall–Kier alpha value is -2.06.